The van der Waals surface area contributed by atoms with Crippen LogP contribution in [0.15, 0.2) is 30.5 Å². The van der Waals surface area contributed by atoms with Crippen molar-refractivity contribution >= 4 is 22.5 Å². The molecule has 2 fully saturated rings. The maximum absolute atomic E-state index is 12.5. The number of nitrogens with one attached hydrogen (secondary N) is 1. The van der Waals surface area contributed by atoms with Gasteiger partial charge in [0, 0.05) is 43.4 Å². The van der Waals surface area contributed by atoms with E-state index >= 15 is 0 Å². The first-order valence-corrected chi connectivity index (χ1v) is 9.80. The van der Waals surface area contributed by atoms with Crippen molar-refractivity contribution in [3.63, 3.8) is 0 Å². The molecule has 1 aromatic heterocycles. The molecule has 1 N–H and O–H groups in total. The van der Waals surface area contributed by atoms with E-state index in [-0.39, 0.29) is 11.9 Å². The van der Waals surface area contributed by atoms with Crippen molar-refractivity contribution in [1.82, 2.24) is 15.2 Å². The van der Waals surface area contributed by atoms with Gasteiger partial charge in [0.15, 0.2) is 0 Å². The molecule has 0 saturated carbocycles. The molecular formula is C21H28N4O2. The third-order valence-electron chi connectivity index (χ3n) is 5.72. The third-order valence-corrected chi connectivity index (χ3v) is 5.72. The van der Waals surface area contributed by atoms with Gasteiger partial charge in [0.25, 0.3) is 0 Å². The summed E-state index contributed by atoms with van der Waals surface area (Å²) >= 11 is 0. The van der Waals surface area contributed by atoms with E-state index in [1.54, 1.807) is 0 Å². The number of hydrogen-bond donors (Lipinski definition) is 1. The Morgan fingerprint density at radius 2 is 2.07 bits per heavy atom. The lowest BCUT2D eigenvalue weighted by atomic mass is 10.1. The van der Waals surface area contributed by atoms with Crippen LogP contribution in [-0.2, 0) is 9.53 Å². The number of amides is 1. The van der Waals surface area contributed by atoms with Crippen LogP contribution in [0.2, 0.25) is 0 Å². The summed E-state index contributed by atoms with van der Waals surface area (Å²) in [7, 11) is 0. The molecule has 1 unspecified atom stereocenters. The van der Waals surface area contributed by atoms with Crippen molar-refractivity contribution < 1.29 is 9.53 Å². The predicted molar refractivity (Wildman–Crippen MR) is 107 cm³/mol. The second-order valence-electron chi connectivity index (χ2n) is 7.75. The number of nitrogens with zero attached hydrogens (tertiary/aromatic N) is 3. The minimum atomic E-state index is 0.117. The van der Waals surface area contributed by atoms with Crippen LogP contribution in [-0.4, -0.2) is 67.8 Å². The smallest absolute Gasteiger partial charge is 0.234 e. The Bertz CT molecular complexity index is 819. The average Bonchev–Trinajstić information content (AvgIpc) is 3.03. The predicted octanol–water partition coefficient (Wildman–Crippen LogP) is 1.82. The summed E-state index contributed by atoms with van der Waals surface area (Å²) < 4.78 is 5.35. The number of hydrogen-bond acceptors (Lipinski definition) is 5. The molecule has 3 heterocycles. The summed E-state index contributed by atoms with van der Waals surface area (Å²) in [5.74, 6) is 0.526. The summed E-state index contributed by atoms with van der Waals surface area (Å²) in [6.45, 7) is 9.66. The Balaban J connectivity index is 1.44. The maximum atomic E-state index is 12.5. The van der Waals surface area contributed by atoms with Crippen molar-refractivity contribution in [1.29, 1.82) is 0 Å². The first-order valence-electron chi connectivity index (χ1n) is 9.80. The van der Waals surface area contributed by atoms with Gasteiger partial charge < -0.3 is 15.0 Å². The van der Waals surface area contributed by atoms with Gasteiger partial charge in [-0.15, -0.1) is 0 Å². The van der Waals surface area contributed by atoms with E-state index in [1.165, 1.54) is 16.6 Å². The second kappa shape index (κ2) is 7.82. The molecule has 0 bridgehead atoms. The lowest BCUT2D eigenvalue weighted by molar-refractivity contribution is -0.124. The largest absolute Gasteiger partial charge is 0.379 e. The van der Waals surface area contributed by atoms with Crippen molar-refractivity contribution in [2.75, 3.05) is 50.8 Å². The molecule has 0 radical (unpaired) electrons. The number of fused-ring (bicyclic) bond motifs is 1. The van der Waals surface area contributed by atoms with Crippen molar-refractivity contribution in [3.8, 4) is 0 Å². The summed E-state index contributed by atoms with van der Waals surface area (Å²) in [6.07, 6.45) is 1.85. The Morgan fingerprint density at radius 3 is 2.89 bits per heavy atom. The number of aryl methyl sites for hydroxylation is 1. The maximum Gasteiger partial charge on any atom is 0.234 e. The molecule has 4 rings (SSSR count). The number of anilines is 1. The van der Waals surface area contributed by atoms with Gasteiger partial charge in [0.1, 0.15) is 0 Å². The Kier molecular flexibility index (Phi) is 5.27. The van der Waals surface area contributed by atoms with E-state index in [0.29, 0.717) is 12.5 Å². The molecule has 1 aromatic carbocycles. The number of carbonyl (C=O) groups is 1. The van der Waals surface area contributed by atoms with Gasteiger partial charge in [-0.1, -0.05) is 13.0 Å². The highest BCUT2D eigenvalue weighted by Crippen LogP contribution is 2.31. The highest BCUT2D eigenvalue weighted by Gasteiger charge is 2.32. The molecular weight excluding hydrogens is 340 g/mol. The minimum absolute atomic E-state index is 0.117. The van der Waals surface area contributed by atoms with E-state index < -0.39 is 0 Å². The van der Waals surface area contributed by atoms with Gasteiger partial charge in [-0.2, -0.15) is 0 Å². The normalized spacial score (nSPS) is 23.7. The molecule has 6 nitrogen and oxygen atoms in total. The topological polar surface area (TPSA) is 57.7 Å². The molecule has 2 aromatic rings. The van der Waals surface area contributed by atoms with Gasteiger partial charge in [0.2, 0.25) is 5.91 Å². The zero-order chi connectivity index (χ0) is 18.8. The van der Waals surface area contributed by atoms with Crippen molar-refractivity contribution in [2.45, 2.75) is 19.9 Å². The molecule has 2 aliphatic rings. The van der Waals surface area contributed by atoms with E-state index in [9.17, 15) is 4.79 Å². The number of morpholine rings is 1. The Morgan fingerprint density at radius 1 is 1.26 bits per heavy atom. The van der Waals surface area contributed by atoms with Crippen LogP contribution < -0.4 is 10.2 Å². The highest BCUT2D eigenvalue weighted by molar-refractivity contribution is 5.94. The van der Waals surface area contributed by atoms with Crippen LogP contribution >= 0.6 is 0 Å². The lowest BCUT2D eigenvalue weighted by Crippen LogP contribution is -2.47. The van der Waals surface area contributed by atoms with Gasteiger partial charge in [-0.3, -0.25) is 14.7 Å². The number of aromatic nitrogens is 1. The fourth-order valence-corrected chi connectivity index (χ4v) is 4.14. The number of carbonyl (C=O) groups excluding carboxylic acids is 1. The SMILES string of the molecule is Cc1ccc(N2CC(NC(=O)CN3CCOCC3)[C@H](C)C2)c2cccnc12. The molecule has 27 heavy (non-hydrogen) atoms. The van der Waals surface area contributed by atoms with Crippen LogP contribution in [0.3, 0.4) is 0 Å². The molecule has 6 heteroatoms. The quantitative estimate of drug-likeness (QED) is 0.892. The van der Waals surface area contributed by atoms with Crippen LogP contribution in [0.5, 0.6) is 0 Å². The highest BCUT2D eigenvalue weighted by atomic mass is 16.5. The molecule has 0 spiro atoms. The van der Waals surface area contributed by atoms with Crippen LogP contribution in [0, 0.1) is 12.8 Å². The summed E-state index contributed by atoms with van der Waals surface area (Å²) in [4.78, 5) is 21.6. The average molecular weight is 368 g/mol. The molecule has 0 aliphatic carbocycles. The van der Waals surface area contributed by atoms with E-state index in [1.807, 2.05) is 12.3 Å². The monoisotopic (exact) mass is 368 g/mol. The first-order chi connectivity index (χ1) is 13.1. The zero-order valence-corrected chi connectivity index (χ0v) is 16.1. The van der Waals surface area contributed by atoms with Crippen molar-refractivity contribution in [3.05, 3.63) is 36.0 Å². The molecule has 2 saturated heterocycles. The molecule has 2 aliphatic heterocycles. The zero-order valence-electron chi connectivity index (χ0n) is 16.1. The number of pyridine rings is 1. The van der Waals surface area contributed by atoms with Gasteiger partial charge in [-0.05, 0) is 36.6 Å². The van der Waals surface area contributed by atoms with Gasteiger partial charge in [0.05, 0.1) is 31.3 Å². The third kappa shape index (κ3) is 3.92. The molecule has 1 amide bonds. The molecule has 144 valence electrons. The van der Waals surface area contributed by atoms with Crippen LogP contribution in [0.4, 0.5) is 5.69 Å². The fraction of sp³-hybridized carbons (Fsp3) is 0.524. The lowest BCUT2D eigenvalue weighted by Gasteiger charge is -2.27. The first kappa shape index (κ1) is 18.2. The second-order valence-corrected chi connectivity index (χ2v) is 7.75. The Labute approximate surface area is 160 Å². The number of ether oxygens (including phenoxy) is 1. The van der Waals surface area contributed by atoms with Crippen molar-refractivity contribution in [2.24, 2.45) is 5.92 Å². The summed E-state index contributed by atoms with van der Waals surface area (Å²) in [6, 6.07) is 8.63. The van der Waals surface area contributed by atoms with Crippen LogP contribution in [0.1, 0.15) is 12.5 Å². The summed E-state index contributed by atoms with van der Waals surface area (Å²) in [5.41, 5.74) is 3.46. The fourth-order valence-electron chi connectivity index (χ4n) is 4.14. The summed E-state index contributed by atoms with van der Waals surface area (Å²) in [5, 5.41) is 4.44. The van der Waals surface area contributed by atoms with E-state index in [4.69, 9.17) is 4.74 Å². The Hall–Kier alpha value is -2.18. The molecule has 2 atom stereocenters. The minimum Gasteiger partial charge on any atom is -0.379 e. The number of rotatable bonds is 4. The standard InChI is InChI=1S/C21H28N4O2/c1-15-5-6-19(17-4-3-7-22-21(15)17)25-12-16(2)18(13-25)23-20(26)14-24-8-10-27-11-9-24/h3-7,16,18H,8-14H2,1-2H3,(H,23,26)/t16-,18?/m1/s1. The van der Waals surface area contributed by atoms with Gasteiger partial charge >= 0.3 is 0 Å². The van der Waals surface area contributed by atoms with Crippen LogP contribution in [0.25, 0.3) is 10.9 Å². The van der Waals surface area contributed by atoms with E-state index in [2.05, 4.69) is 52.1 Å². The number of benzene rings is 1. The van der Waals surface area contributed by atoms with E-state index in [0.717, 1.165) is 44.9 Å². The van der Waals surface area contributed by atoms with Gasteiger partial charge in [-0.25, -0.2) is 0 Å².